The highest BCUT2D eigenvalue weighted by Crippen LogP contribution is 2.33. The molecule has 2 heteroatoms. The third-order valence-corrected chi connectivity index (χ3v) is 3.40. The molecule has 0 amide bonds. The molecule has 0 saturated heterocycles. The van der Waals surface area contributed by atoms with Crippen molar-refractivity contribution in [3.63, 3.8) is 0 Å². The Balaban J connectivity index is 2.33. The summed E-state index contributed by atoms with van der Waals surface area (Å²) in [5.74, 6) is 0. The maximum atomic E-state index is 3.60. The van der Waals surface area contributed by atoms with Gasteiger partial charge in [0, 0.05) is 27.1 Å². The van der Waals surface area contributed by atoms with Crippen LogP contribution in [0.5, 0.6) is 0 Å². The molecule has 1 nitrogen and oxygen atoms in total. The second kappa shape index (κ2) is 3.80. The van der Waals surface area contributed by atoms with E-state index in [0.717, 1.165) is 9.99 Å². The van der Waals surface area contributed by atoms with Crippen molar-refractivity contribution in [2.24, 2.45) is 0 Å². The molecule has 0 bridgehead atoms. The molecule has 78 valence electrons. The first-order valence-corrected chi connectivity index (χ1v) is 5.96. The van der Waals surface area contributed by atoms with Gasteiger partial charge in [0.2, 0.25) is 0 Å². The van der Waals surface area contributed by atoms with E-state index in [9.17, 15) is 0 Å². The van der Waals surface area contributed by atoms with Gasteiger partial charge in [0.15, 0.2) is 0 Å². The Kier molecular flexibility index (Phi) is 2.29. The Morgan fingerprint density at radius 1 is 0.875 bits per heavy atom. The van der Waals surface area contributed by atoms with Crippen LogP contribution in [0.3, 0.4) is 0 Å². The van der Waals surface area contributed by atoms with Gasteiger partial charge in [-0.3, -0.25) is 0 Å². The molecule has 3 rings (SSSR count). The molecule has 3 aromatic rings. The van der Waals surface area contributed by atoms with Gasteiger partial charge in [-0.1, -0.05) is 52.3 Å². The van der Waals surface area contributed by atoms with E-state index in [0.29, 0.717) is 0 Å². The Bertz CT molecular complexity index is 626. The first kappa shape index (κ1) is 9.67. The molecule has 0 radical (unpaired) electrons. The van der Waals surface area contributed by atoms with Crippen molar-refractivity contribution in [1.29, 1.82) is 0 Å². The highest BCUT2D eigenvalue weighted by molar-refractivity contribution is 9.10. The van der Waals surface area contributed by atoms with Crippen LogP contribution in [0.1, 0.15) is 0 Å². The quantitative estimate of drug-likeness (QED) is 0.666. The summed E-state index contributed by atoms with van der Waals surface area (Å²) in [5, 5.41) is 1.24. The molecule has 0 atom stereocenters. The number of nitrogens with one attached hydrogen (secondary N) is 1. The van der Waals surface area contributed by atoms with Gasteiger partial charge in [0.1, 0.15) is 0 Å². The van der Waals surface area contributed by atoms with Crippen molar-refractivity contribution in [2.75, 3.05) is 0 Å². The minimum atomic E-state index is 1.13. The molecule has 1 N–H and O–H groups in total. The van der Waals surface area contributed by atoms with Gasteiger partial charge in [0.05, 0.1) is 0 Å². The first-order valence-electron chi connectivity index (χ1n) is 5.17. The van der Waals surface area contributed by atoms with E-state index in [2.05, 4.69) is 63.5 Å². The lowest BCUT2D eigenvalue weighted by atomic mass is 10.1. The molecule has 0 aliphatic carbocycles. The van der Waals surface area contributed by atoms with Crippen LogP contribution in [-0.4, -0.2) is 4.98 Å². The number of hydrogen-bond donors (Lipinski definition) is 1. The van der Waals surface area contributed by atoms with Crippen molar-refractivity contribution in [2.45, 2.75) is 0 Å². The molecule has 16 heavy (non-hydrogen) atoms. The van der Waals surface area contributed by atoms with Crippen LogP contribution in [0.4, 0.5) is 0 Å². The Hall–Kier alpha value is -1.54. The monoisotopic (exact) mass is 271 g/mol. The summed E-state index contributed by atoms with van der Waals surface area (Å²) in [6.07, 6.45) is 2.06. The summed E-state index contributed by atoms with van der Waals surface area (Å²) >= 11 is 3.60. The molecule has 2 aromatic carbocycles. The number of aromatic amines is 1. The molecule has 0 aliphatic heterocycles. The van der Waals surface area contributed by atoms with Crippen LogP contribution in [0, 0.1) is 0 Å². The summed E-state index contributed by atoms with van der Waals surface area (Å²) < 4.78 is 1.13. The largest absolute Gasteiger partial charge is 0.361 e. The molecular formula is C14H10BrN. The lowest BCUT2D eigenvalue weighted by molar-refractivity contribution is 1.47. The van der Waals surface area contributed by atoms with Crippen molar-refractivity contribution in [1.82, 2.24) is 4.98 Å². The number of hydrogen-bond acceptors (Lipinski definition) is 0. The summed E-state index contributed by atoms with van der Waals surface area (Å²) in [4.78, 5) is 3.30. The fraction of sp³-hybridized carbons (Fsp3) is 0. The molecule has 0 aliphatic rings. The number of rotatable bonds is 1. The second-order valence-electron chi connectivity index (χ2n) is 3.73. The average Bonchev–Trinajstić information content (AvgIpc) is 2.75. The zero-order valence-corrected chi connectivity index (χ0v) is 10.2. The summed E-state index contributed by atoms with van der Waals surface area (Å²) in [6.45, 7) is 0. The van der Waals surface area contributed by atoms with Gasteiger partial charge in [-0.15, -0.1) is 0 Å². The van der Waals surface area contributed by atoms with Gasteiger partial charge >= 0.3 is 0 Å². The Labute approximate surface area is 102 Å². The zero-order chi connectivity index (χ0) is 11.0. The van der Waals surface area contributed by atoms with E-state index in [-0.39, 0.29) is 0 Å². The minimum absolute atomic E-state index is 1.13. The molecule has 1 heterocycles. The van der Waals surface area contributed by atoms with Crippen LogP contribution >= 0.6 is 15.9 Å². The lowest BCUT2D eigenvalue weighted by Gasteiger charge is -2.00. The van der Waals surface area contributed by atoms with E-state index < -0.39 is 0 Å². The van der Waals surface area contributed by atoms with Gasteiger partial charge < -0.3 is 4.98 Å². The van der Waals surface area contributed by atoms with Crippen LogP contribution in [0.2, 0.25) is 0 Å². The molecule has 0 unspecified atom stereocenters. The second-order valence-corrected chi connectivity index (χ2v) is 4.59. The number of H-pyrrole nitrogens is 1. The molecule has 1 aromatic heterocycles. The summed E-state index contributed by atoms with van der Waals surface area (Å²) in [5.41, 5.74) is 3.64. The zero-order valence-electron chi connectivity index (χ0n) is 8.57. The van der Waals surface area contributed by atoms with Crippen LogP contribution in [0.15, 0.2) is 59.2 Å². The standard InChI is InChI=1S/C14H10BrN/c15-12-7-4-8-13-14(12)11(9-16-13)10-5-2-1-3-6-10/h1-9,16H. The van der Waals surface area contributed by atoms with Gasteiger partial charge in [-0.05, 0) is 17.7 Å². The average molecular weight is 272 g/mol. The van der Waals surface area contributed by atoms with Crippen molar-refractivity contribution in [3.8, 4) is 11.1 Å². The smallest absolute Gasteiger partial charge is 0.0471 e. The third kappa shape index (κ3) is 1.46. The van der Waals surface area contributed by atoms with Crippen molar-refractivity contribution in [3.05, 3.63) is 59.2 Å². The molecule has 0 fully saturated rings. The lowest BCUT2D eigenvalue weighted by Crippen LogP contribution is -1.75. The number of benzene rings is 2. The predicted molar refractivity (Wildman–Crippen MR) is 71.4 cm³/mol. The third-order valence-electron chi connectivity index (χ3n) is 2.74. The van der Waals surface area contributed by atoms with Crippen LogP contribution < -0.4 is 0 Å². The van der Waals surface area contributed by atoms with Gasteiger partial charge in [-0.2, -0.15) is 0 Å². The highest BCUT2D eigenvalue weighted by Gasteiger charge is 2.07. The molecule has 0 spiro atoms. The molecule has 0 saturated carbocycles. The fourth-order valence-electron chi connectivity index (χ4n) is 1.99. The molecular weight excluding hydrogens is 262 g/mol. The maximum absolute atomic E-state index is 3.60. The normalized spacial score (nSPS) is 10.8. The number of halogens is 1. The maximum Gasteiger partial charge on any atom is 0.0471 e. The van der Waals surface area contributed by atoms with Crippen molar-refractivity contribution >= 4 is 26.8 Å². The van der Waals surface area contributed by atoms with Gasteiger partial charge in [0.25, 0.3) is 0 Å². The van der Waals surface area contributed by atoms with E-state index in [1.807, 2.05) is 12.1 Å². The summed E-state index contributed by atoms with van der Waals surface area (Å²) in [7, 11) is 0. The van der Waals surface area contributed by atoms with E-state index >= 15 is 0 Å². The van der Waals surface area contributed by atoms with E-state index in [1.165, 1.54) is 16.5 Å². The minimum Gasteiger partial charge on any atom is -0.361 e. The Morgan fingerprint density at radius 3 is 2.50 bits per heavy atom. The van der Waals surface area contributed by atoms with E-state index in [4.69, 9.17) is 0 Å². The SMILES string of the molecule is Brc1cccc2[nH]cc(-c3ccccc3)c12. The van der Waals surface area contributed by atoms with Crippen molar-refractivity contribution < 1.29 is 0 Å². The summed E-state index contributed by atoms with van der Waals surface area (Å²) in [6, 6.07) is 16.6. The predicted octanol–water partition coefficient (Wildman–Crippen LogP) is 4.60. The van der Waals surface area contributed by atoms with E-state index in [1.54, 1.807) is 0 Å². The fourth-order valence-corrected chi connectivity index (χ4v) is 2.57. The topological polar surface area (TPSA) is 15.8 Å². The highest BCUT2D eigenvalue weighted by atomic mass is 79.9. The number of aromatic nitrogens is 1. The first-order chi connectivity index (χ1) is 7.86. The van der Waals surface area contributed by atoms with Crippen LogP contribution in [0.25, 0.3) is 22.0 Å². The van der Waals surface area contributed by atoms with Crippen LogP contribution in [-0.2, 0) is 0 Å². The Morgan fingerprint density at radius 2 is 1.69 bits per heavy atom. The van der Waals surface area contributed by atoms with Gasteiger partial charge in [-0.25, -0.2) is 0 Å². The number of fused-ring (bicyclic) bond motifs is 1.